The van der Waals surface area contributed by atoms with Crippen molar-refractivity contribution < 1.29 is 9.53 Å². The highest BCUT2D eigenvalue weighted by atomic mass is 32.2. The lowest BCUT2D eigenvalue weighted by molar-refractivity contribution is -0.115. The number of amides is 1. The lowest BCUT2D eigenvalue weighted by atomic mass is 10.3. The van der Waals surface area contributed by atoms with Gasteiger partial charge in [-0.2, -0.15) is 0 Å². The first-order valence-corrected chi connectivity index (χ1v) is 7.94. The molecule has 1 aromatic carbocycles. The number of methoxy groups -OCH3 is 1. The van der Waals surface area contributed by atoms with Gasteiger partial charge in [-0.1, -0.05) is 17.8 Å². The van der Waals surface area contributed by atoms with Crippen molar-refractivity contribution in [2.45, 2.75) is 25.4 Å². The Morgan fingerprint density at radius 1 is 1.23 bits per heavy atom. The smallest absolute Gasteiger partial charge is 0.225 e. The maximum absolute atomic E-state index is 11.9. The van der Waals surface area contributed by atoms with Crippen LogP contribution in [0.25, 0.3) is 0 Å². The Bertz CT molecular complexity index is 641. The highest BCUT2D eigenvalue weighted by molar-refractivity contribution is 7.99. The van der Waals surface area contributed by atoms with Crippen LogP contribution in [-0.2, 0) is 4.79 Å². The molecule has 0 fully saturated rings. The van der Waals surface area contributed by atoms with E-state index in [1.807, 2.05) is 38.1 Å². The van der Waals surface area contributed by atoms with Gasteiger partial charge in [0.25, 0.3) is 0 Å². The third-order valence-corrected chi connectivity index (χ3v) is 3.72. The first-order chi connectivity index (χ1) is 10.6. The number of aryl methyl sites for hydroxylation is 2. The van der Waals surface area contributed by atoms with Gasteiger partial charge in [0.2, 0.25) is 5.91 Å². The molecule has 6 heteroatoms. The second-order valence-corrected chi connectivity index (χ2v) is 5.87. The number of hydrogen-bond donors (Lipinski definition) is 1. The van der Waals surface area contributed by atoms with Crippen LogP contribution >= 0.6 is 11.8 Å². The molecular weight excluding hydrogens is 298 g/mol. The van der Waals surface area contributed by atoms with E-state index in [9.17, 15) is 4.79 Å². The molecule has 2 rings (SSSR count). The Hall–Kier alpha value is -2.08. The number of benzene rings is 1. The van der Waals surface area contributed by atoms with E-state index in [0.29, 0.717) is 17.3 Å². The predicted octanol–water partition coefficient (Wildman–Crippen LogP) is 3.22. The average molecular weight is 317 g/mol. The van der Waals surface area contributed by atoms with Crippen LogP contribution in [0.1, 0.15) is 17.8 Å². The van der Waals surface area contributed by atoms with Gasteiger partial charge in [0.15, 0.2) is 5.16 Å². The molecule has 116 valence electrons. The minimum atomic E-state index is -0.0369. The van der Waals surface area contributed by atoms with Gasteiger partial charge in [0.1, 0.15) is 5.75 Å². The normalized spacial score (nSPS) is 10.3. The number of anilines is 1. The summed E-state index contributed by atoms with van der Waals surface area (Å²) < 4.78 is 5.13. The molecule has 0 bridgehead atoms. The van der Waals surface area contributed by atoms with Crippen LogP contribution in [0.2, 0.25) is 0 Å². The SMILES string of the molecule is COc1cccc(NC(=O)CCSc2nc(C)cc(C)n2)c1. The number of aromatic nitrogens is 2. The monoisotopic (exact) mass is 317 g/mol. The second kappa shape index (κ2) is 7.79. The molecular formula is C16H19N3O2S. The first kappa shape index (κ1) is 16.3. The van der Waals surface area contributed by atoms with Crippen LogP contribution in [0.5, 0.6) is 5.75 Å². The molecule has 0 aliphatic heterocycles. The number of nitrogens with zero attached hydrogens (tertiary/aromatic N) is 2. The van der Waals surface area contributed by atoms with E-state index in [1.54, 1.807) is 13.2 Å². The van der Waals surface area contributed by atoms with E-state index in [4.69, 9.17) is 4.74 Å². The van der Waals surface area contributed by atoms with E-state index in [-0.39, 0.29) is 5.91 Å². The van der Waals surface area contributed by atoms with E-state index < -0.39 is 0 Å². The first-order valence-electron chi connectivity index (χ1n) is 6.96. The standard InChI is InChI=1S/C16H19N3O2S/c1-11-9-12(2)18-16(17-11)22-8-7-15(20)19-13-5-4-6-14(10-13)21-3/h4-6,9-10H,7-8H2,1-3H3,(H,19,20). The van der Waals surface area contributed by atoms with Crippen molar-refractivity contribution >= 4 is 23.4 Å². The van der Waals surface area contributed by atoms with Crippen molar-refractivity contribution in [3.63, 3.8) is 0 Å². The largest absolute Gasteiger partial charge is 0.497 e. The Morgan fingerprint density at radius 3 is 2.64 bits per heavy atom. The van der Waals surface area contributed by atoms with Gasteiger partial charge in [-0.05, 0) is 32.0 Å². The third-order valence-electron chi connectivity index (χ3n) is 2.88. The van der Waals surface area contributed by atoms with Crippen molar-refractivity contribution in [3.05, 3.63) is 41.7 Å². The quantitative estimate of drug-likeness (QED) is 0.654. The highest BCUT2D eigenvalue weighted by Crippen LogP contribution is 2.18. The van der Waals surface area contributed by atoms with Gasteiger partial charge in [-0.25, -0.2) is 9.97 Å². The summed E-state index contributed by atoms with van der Waals surface area (Å²) in [6, 6.07) is 9.23. The Morgan fingerprint density at radius 2 is 1.95 bits per heavy atom. The van der Waals surface area contributed by atoms with Gasteiger partial charge >= 0.3 is 0 Å². The summed E-state index contributed by atoms with van der Waals surface area (Å²) in [5.41, 5.74) is 2.61. The van der Waals surface area contributed by atoms with Crippen LogP contribution in [-0.4, -0.2) is 28.7 Å². The van der Waals surface area contributed by atoms with E-state index in [1.165, 1.54) is 11.8 Å². The molecule has 0 atom stereocenters. The topological polar surface area (TPSA) is 64.1 Å². The number of nitrogens with one attached hydrogen (secondary N) is 1. The molecule has 0 radical (unpaired) electrons. The molecule has 1 heterocycles. The molecule has 0 aliphatic carbocycles. The maximum Gasteiger partial charge on any atom is 0.225 e. The van der Waals surface area contributed by atoms with Crippen molar-refractivity contribution in [2.24, 2.45) is 0 Å². The fraction of sp³-hybridized carbons (Fsp3) is 0.312. The molecule has 1 N–H and O–H groups in total. The van der Waals surface area contributed by atoms with Crippen LogP contribution in [0.15, 0.2) is 35.5 Å². The molecule has 0 saturated heterocycles. The van der Waals surface area contributed by atoms with Crippen LogP contribution < -0.4 is 10.1 Å². The number of rotatable bonds is 6. The molecule has 1 aromatic heterocycles. The molecule has 1 amide bonds. The van der Waals surface area contributed by atoms with Crippen molar-refractivity contribution in [3.8, 4) is 5.75 Å². The summed E-state index contributed by atoms with van der Waals surface area (Å²) in [6.07, 6.45) is 0.401. The number of carbonyl (C=O) groups excluding carboxylic acids is 1. The zero-order chi connectivity index (χ0) is 15.9. The summed E-state index contributed by atoms with van der Waals surface area (Å²) in [5, 5.41) is 3.57. The van der Waals surface area contributed by atoms with Crippen molar-refractivity contribution in [1.29, 1.82) is 0 Å². The van der Waals surface area contributed by atoms with Crippen molar-refractivity contribution in [2.75, 3.05) is 18.2 Å². The number of hydrogen-bond acceptors (Lipinski definition) is 5. The lowest BCUT2D eigenvalue weighted by Crippen LogP contribution is -2.12. The Balaban J connectivity index is 1.82. The zero-order valence-electron chi connectivity index (χ0n) is 12.9. The minimum absolute atomic E-state index is 0.0369. The molecule has 2 aromatic rings. The lowest BCUT2D eigenvalue weighted by Gasteiger charge is -2.07. The Kier molecular flexibility index (Phi) is 5.77. The molecule has 0 saturated carbocycles. The fourth-order valence-electron chi connectivity index (χ4n) is 1.92. The summed E-state index contributed by atoms with van der Waals surface area (Å²) in [7, 11) is 1.60. The number of carbonyl (C=O) groups is 1. The predicted molar refractivity (Wildman–Crippen MR) is 88.5 cm³/mol. The number of thioether (sulfide) groups is 1. The highest BCUT2D eigenvalue weighted by Gasteiger charge is 2.06. The van der Waals surface area contributed by atoms with Gasteiger partial charge in [0, 0.05) is 35.3 Å². The summed E-state index contributed by atoms with van der Waals surface area (Å²) in [6.45, 7) is 3.88. The summed E-state index contributed by atoms with van der Waals surface area (Å²) >= 11 is 1.49. The fourth-order valence-corrected chi connectivity index (χ4v) is 2.80. The molecule has 0 unspecified atom stereocenters. The van der Waals surface area contributed by atoms with E-state index in [2.05, 4.69) is 15.3 Å². The molecule has 22 heavy (non-hydrogen) atoms. The second-order valence-electron chi connectivity index (χ2n) is 4.81. The van der Waals surface area contributed by atoms with E-state index in [0.717, 1.165) is 22.8 Å². The molecule has 0 spiro atoms. The molecule has 0 aliphatic rings. The minimum Gasteiger partial charge on any atom is -0.497 e. The van der Waals surface area contributed by atoms with Gasteiger partial charge in [-0.3, -0.25) is 4.79 Å². The third kappa shape index (κ3) is 5.04. The van der Waals surface area contributed by atoms with Crippen LogP contribution in [0, 0.1) is 13.8 Å². The zero-order valence-corrected chi connectivity index (χ0v) is 13.7. The summed E-state index contributed by atoms with van der Waals surface area (Å²) in [4.78, 5) is 20.6. The van der Waals surface area contributed by atoms with Crippen molar-refractivity contribution in [1.82, 2.24) is 9.97 Å². The van der Waals surface area contributed by atoms with Gasteiger partial charge in [-0.15, -0.1) is 0 Å². The molecule has 5 nitrogen and oxygen atoms in total. The van der Waals surface area contributed by atoms with Crippen LogP contribution in [0.4, 0.5) is 5.69 Å². The number of ether oxygens (including phenoxy) is 1. The Labute approximate surface area is 134 Å². The average Bonchev–Trinajstić information content (AvgIpc) is 2.46. The van der Waals surface area contributed by atoms with Gasteiger partial charge in [0.05, 0.1) is 7.11 Å². The van der Waals surface area contributed by atoms with Gasteiger partial charge < -0.3 is 10.1 Å². The maximum atomic E-state index is 11.9. The van der Waals surface area contributed by atoms with E-state index >= 15 is 0 Å². The summed E-state index contributed by atoms with van der Waals surface area (Å²) in [5.74, 6) is 1.32. The van der Waals surface area contributed by atoms with Crippen LogP contribution in [0.3, 0.4) is 0 Å².